The van der Waals surface area contributed by atoms with Crippen LogP contribution in [0.4, 0.5) is 0 Å². The number of carbonyl (C=O) groups excluding carboxylic acids is 1. The van der Waals surface area contributed by atoms with Gasteiger partial charge in [-0.1, -0.05) is 59.6 Å². The second kappa shape index (κ2) is 11.5. The Bertz CT molecular complexity index is 1020. The molecular weight excluding hydrogens is 447 g/mol. The van der Waals surface area contributed by atoms with Crippen LogP contribution in [-0.4, -0.2) is 47.9 Å². The predicted molar refractivity (Wildman–Crippen MR) is 128 cm³/mol. The van der Waals surface area contributed by atoms with Gasteiger partial charge in [0.05, 0.1) is 6.54 Å². The number of amides is 1. The van der Waals surface area contributed by atoms with E-state index in [4.69, 9.17) is 27.6 Å². The van der Waals surface area contributed by atoms with E-state index in [2.05, 4.69) is 34.3 Å². The SMILES string of the molecule is CC(c1ccccc1)N(Cc1nc(C(=O)NCCN(C)C)co1)Cc1ccc(Cl)cc1Cl. The molecule has 32 heavy (non-hydrogen) atoms. The maximum Gasteiger partial charge on any atom is 0.273 e. The zero-order valence-corrected chi connectivity index (χ0v) is 20.0. The lowest BCUT2D eigenvalue weighted by atomic mass is 10.1. The molecule has 1 N–H and O–H groups in total. The quantitative estimate of drug-likeness (QED) is 0.446. The lowest BCUT2D eigenvalue weighted by molar-refractivity contribution is 0.0946. The van der Waals surface area contributed by atoms with Gasteiger partial charge in [-0.3, -0.25) is 9.69 Å². The van der Waals surface area contributed by atoms with Gasteiger partial charge in [0.25, 0.3) is 5.91 Å². The monoisotopic (exact) mass is 474 g/mol. The highest BCUT2D eigenvalue weighted by Crippen LogP contribution is 2.28. The van der Waals surface area contributed by atoms with Crippen LogP contribution in [0.2, 0.25) is 10.0 Å². The molecule has 0 saturated carbocycles. The van der Waals surface area contributed by atoms with Gasteiger partial charge in [0, 0.05) is 35.7 Å². The third-order valence-electron chi connectivity index (χ3n) is 5.19. The normalized spacial score (nSPS) is 12.3. The fourth-order valence-electron chi connectivity index (χ4n) is 3.29. The van der Waals surface area contributed by atoms with Gasteiger partial charge in [-0.2, -0.15) is 0 Å². The van der Waals surface area contributed by atoms with Crippen molar-refractivity contribution in [2.45, 2.75) is 26.1 Å². The van der Waals surface area contributed by atoms with Crippen molar-refractivity contribution in [1.82, 2.24) is 20.1 Å². The summed E-state index contributed by atoms with van der Waals surface area (Å²) < 4.78 is 5.64. The van der Waals surface area contributed by atoms with Crippen LogP contribution < -0.4 is 5.32 Å². The van der Waals surface area contributed by atoms with E-state index in [-0.39, 0.29) is 17.6 Å². The number of carbonyl (C=O) groups is 1. The third kappa shape index (κ3) is 6.81. The average Bonchev–Trinajstić information content (AvgIpc) is 3.23. The molecule has 1 heterocycles. The molecule has 0 saturated heterocycles. The fraction of sp³-hybridized carbons (Fsp3) is 0.333. The Kier molecular flexibility index (Phi) is 8.70. The molecule has 0 aliphatic rings. The standard InChI is InChI=1S/C24H28Cl2N4O2/c1-17(18-7-5-4-6-8-18)30(14-19-9-10-20(25)13-21(19)26)15-23-28-22(16-32-23)24(31)27-11-12-29(2)3/h4-10,13,16-17H,11-12,14-15H2,1-3H3,(H,27,31). The van der Waals surface area contributed by atoms with E-state index in [0.717, 1.165) is 17.7 Å². The number of likely N-dealkylation sites (N-methyl/N-ethyl adjacent to an activating group) is 1. The molecule has 1 atom stereocenters. The summed E-state index contributed by atoms with van der Waals surface area (Å²) in [4.78, 5) is 21.0. The Hall–Kier alpha value is -2.38. The molecule has 1 aromatic heterocycles. The van der Waals surface area contributed by atoms with Crippen molar-refractivity contribution in [2.24, 2.45) is 0 Å². The molecule has 6 nitrogen and oxygen atoms in total. The maximum absolute atomic E-state index is 12.4. The van der Waals surface area contributed by atoms with Crippen LogP contribution in [0.3, 0.4) is 0 Å². The molecule has 3 aromatic rings. The Balaban J connectivity index is 1.77. The average molecular weight is 475 g/mol. The summed E-state index contributed by atoms with van der Waals surface area (Å²) >= 11 is 12.5. The molecule has 3 rings (SSSR count). The van der Waals surface area contributed by atoms with Gasteiger partial charge in [-0.05, 0) is 44.3 Å². The third-order valence-corrected chi connectivity index (χ3v) is 5.77. The van der Waals surface area contributed by atoms with E-state index in [9.17, 15) is 4.79 Å². The number of oxazole rings is 1. The lowest BCUT2D eigenvalue weighted by Crippen LogP contribution is -2.31. The minimum absolute atomic E-state index is 0.0622. The van der Waals surface area contributed by atoms with Crippen molar-refractivity contribution >= 4 is 29.1 Å². The summed E-state index contributed by atoms with van der Waals surface area (Å²) in [5.41, 5.74) is 2.38. The van der Waals surface area contributed by atoms with Crippen LogP contribution in [0.15, 0.2) is 59.2 Å². The smallest absolute Gasteiger partial charge is 0.273 e. The fourth-order valence-corrected chi connectivity index (χ4v) is 3.75. The molecule has 0 bridgehead atoms. The van der Waals surface area contributed by atoms with Gasteiger partial charge >= 0.3 is 0 Å². The first-order valence-corrected chi connectivity index (χ1v) is 11.2. The molecule has 0 fully saturated rings. The first kappa shape index (κ1) is 24.3. The summed E-state index contributed by atoms with van der Waals surface area (Å²) in [6, 6.07) is 15.7. The van der Waals surface area contributed by atoms with Crippen molar-refractivity contribution in [3.05, 3.63) is 87.6 Å². The molecule has 0 spiro atoms. The summed E-state index contributed by atoms with van der Waals surface area (Å²) in [5.74, 6) is 0.223. The molecular formula is C24H28Cl2N4O2. The van der Waals surface area contributed by atoms with Crippen molar-refractivity contribution in [2.75, 3.05) is 27.2 Å². The van der Waals surface area contributed by atoms with E-state index in [0.29, 0.717) is 35.6 Å². The predicted octanol–water partition coefficient (Wildman–Crippen LogP) is 5.04. The second-order valence-corrected chi connectivity index (χ2v) is 8.76. The van der Waals surface area contributed by atoms with E-state index < -0.39 is 0 Å². The molecule has 0 aliphatic carbocycles. The van der Waals surface area contributed by atoms with Crippen molar-refractivity contribution in [3.63, 3.8) is 0 Å². The highest BCUT2D eigenvalue weighted by Gasteiger charge is 2.21. The van der Waals surface area contributed by atoms with Gasteiger partial charge in [-0.15, -0.1) is 0 Å². The second-order valence-electron chi connectivity index (χ2n) is 7.91. The number of benzene rings is 2. The zero-order valence-electron chi connectivity index (χ0n) is 18.5. The molecule has 0 radical (unpaired) electrons. The number of rotatable bonds is 10. The summed E-state index contributed by atoms with van der Waals surface area (Å²) in [6.07, 6.45) is 1.40. The van der Waals surface area contributed by atoms with Crippen LogP contribution in [0, 0.1) is 0 Å². The zero-order chi connectivity index (χ0) is 23.1. The number of nitrogens with zero attached hydrogens (tertiary/aromatic N) is 3. The van der Waals surface area contributed by atoms with Gasteiger partial charge in [0.15, 0.2) is 5.69 Å². The summed E-state index contributed by atoms with van der Waals surface area (Å²) in [6.45, 7) is 4.40. The topological polar surface area (TPSA) is 61.6 Å². The van der Waals surface area contributed by atoms with E-state index in [1.54, 1.807) is 6.07 Å². The molecule has 170 valence electrons. The molecule has 8 heteroatoms. The first-order valence-electron chi connectivity index (χ1n) is 10.4. The molecule has 0 aliphatic heterocycles. The largest absolute Gasteiger partial charge is 0.447 e. The lowest BCUT2D eigenvalue weighted by Gasteiger charge is -2.28. The van der Waals surface area contributed by atoms with E-state index in [1.165, 1.54) is 6.26 Å². The Morgan fingerprint density at radius 1 is 1.12 bits per heavy atom. The van der Waals surface area contributed by atoms with Crippen LogP contribution in [0.25, 0.3) is 0 Å². The van der Waals surface area contributed by atoms with Crippen molar-refractivity contribution in [3.8, 4) is 0 Å². The number of hydrogen-bond donors (Lipinski definition) is 1. The van der Waals surface area contributed by atoms with Gasteiger partial charge in [0.1, 0.15) is 6.26 Å². The Labute approximate surface area is 199 Å². The number of aromatic nitrogens is 1. The van der Waals surface area contributed by atoms with Crippen LogP contribution in [0.5, 0.6) is 0 Å². The maximum atomic E-state index is 12.4. The number of nitrogens with one attached hydrogen (secondary N) is 1. The van der Waals surface area contributed by atoms with Crippen molar-refractivity contribution in [1.29, 1.82) is 0 Å². The Morgan fingerprint density at radius 3 is 2.56 bits per heavy atom. The van der Waals surface area contributed by atoms with Crippen LogP contribution >= 0.6 is 23.2 Å². The minimum Gasteiger partial charge on any atom is -0.447 e. The first-order chi connectivity index (χ1) is 15.3. The summed E-state index contributed by atoms with van der Waals surface area (Å²) in [7, 11) is 3.91. The van der Waals surface area contributed by atoms with Crippen LogP contribution in [-0.2, 0) is 13.1 Å². The highest BCUT2D eigenvalue weighted by molar-refractivity contribution is 6.35. The minimum atomic E-state index is -0.245. The summed E-state index contributed by atoms with van der Waals surface area (Å²) in [5, 5.41) is 4.06. The van der Waals surface area contributed by atoms with Crippen molar-refractivity contribution < 1.29 is 9.21 Å². The van der Waals surface area contributed by atoms with Gasteiger partial charge in [-0.25, -0.2) is 4.98 Å². The van der Waals surface area contributed by atoms with Gasteiger partial charge in [0.2, 0.25) is 5.89 Å². The highest BCUT2D eigenvalue weighted by atomic mass is 35.5. The molecule has 2 aromatic carbocycles. The molecule has 1 amide bonds. The van der Waals surface area contributed by atoms with E-state index in [1.807, 2.05) is 49.3 Å². The van der Waals surface area contributed by atoms with Crippen LogP contribution in [0.1, 0.15) is 40.5 Å². The van der Waals surface area contributed by atoms with Gasteiger partial charge < -0.3 is 14.6 Å². The van der Waals surface area contributed by atoms with E-state index >= 15 is 0 Å². The Morgan fingerprint density at radius 2 is 1.88 bits per heavy atom. The number of halogens is 2. The number of hydrogen-bond acceptors (Lipinski definition) is 5. The molecule has 1 unspecified atom stereocenters.